The van der Waals surface area contributed by atoms with Crippen molar-refractivity contribution >= 4 is 11.7 Å². The molecule has 5 rings (SSSR count). The van der Waals surface area contributed by atoms with Crippen LogP contribution in [0.5, 0.6) is 0 Å². The van der Waals surface area contributed by atoms with Gasteiger partial charge < -0.3 is 74.3 Å². The number of nitrogens with zero attached hydrogens (tertiary/aromatic N) is 6. The van der Waals surface area contributed by atoms with Gasteiger partial charge in [0.2, 0.25) is 0 Å². The quantitative estimate of drug-likeness (QED) is 0.0717. The van der Waals surface area contributed by atoms with Gasteiger partial charge in [0.25, 0.3) is 5.69 Å². The number of hydrogen-bond acceptors (Lipinski definition) is 20. The van der Waals surface area contributed by atoms with Crippen molar-refractivity contribution in [3.05, 3.63) is 51.8 Å². The largest absolute Gasteiger partial charge is 0.459 e. The van der Waals surface area contributed by atoms with E-state index < -0.39 is 125 Å². The van der Waals surface area contributed by atoms with E-state index in [0.717, 1.165) is 0 Å². The lowest BCUT2D eigenvalue weighted by atomic mass is 9.66. The number of carbonyl (C=O) groups is 1. The summed E-state index contributed by atoms with van der Waals surface area (Å²) < 4.78 is 32.6. The molecule has 3 fully saturated rings. The highest BCUT2D eigenvalue weighted by molar-refractivity contribution is 5.73. The van der Waals surface area contributed by atoms with E-state index in [4.69, 9.17) is 23.7 Å². The van der Waals surface area contributed by atoms with Crippen LogP contribution in [0.15, 0.2) is 30.5 Å². The molecule has 0 spiro atoms. The number of rotatable bonds is 15. The summed E-state index contributed by atoms with van der Waals surface area (Å²) >= 11 is 0. The molecule has 3 aliphatic rings. The maximum absolute atomic E-state index is 14.6. The smallest absolute Gasteiger partial charge is 0.309 e. The van der Waals surface area contributed by atoms with Crippen molar-refractivity contribution in [1.82, 2.24) is 24.8 Å². The number of ether oxygens (including phenoxy) is 5. The number of esters is 1. The van der Waals surface area contributed by atoms with Crippen molar-refractivity contribution in [1.29, 1.82) is 0 Å². The van der Waals surface area contributed by atoms with Gasteiger partial charge in [0.15, 0.2) is 12.1 Å². The van der Waals surface area contributed by atoms with Gasteiger partial charge >= 0.3 is 5.97 Å². The number of nitro groups is 1. The molecule has 22 nitrogen and oxygen atoms in total. The molecule has 1 aromatic carbocycles. The Morgan fingerprint density at radius 3 is 2.29 bits per heavy atom. The highest BCUT2D eigenvalue weighted by Gasteiger charge is 2.61. The highest BCUT2D eigenvalue weighted by atomic mass is 16.7. The van der Waals surface area contributed by atoms with E-state index in [-0.39, 0.29) is 37.5 Å². The Hall–Kier alpha value is -3.33. The summed E-state index contributed by atoms with van der Waals surface area (Å²) in [4.78, 5) is 29.0. The predicted molar refractivity (Wildman–Crippen MR) is 261 cm³/mol. The maximum atomic E-state index is 14.6. The monoisotopic (exact) mass is 1020 g/mol. The molecule has 4 heterocycles. The van der Waals surface area contributed by atoms with Gasteiger partial charge in [-0.3, -0.25) is 14.9 Å². The molecule has 0 bridgehead atoms. The Morgan fingerprint density at radius 2 is 1.69 bits per heavy atom. The molecular formula is C50H84N6O16. The molecule has 22 heteroatoms. The fraction of sp³-hybridized carbons (Fsp3) is 0.820. The Balaban J connectivity index is 1.42. The molecule has 0 radical (unpaired) electrons. The Bertz CT molecular complexity index is 2060. The van der Waals surface area contributed by atoms with Crippen LogP contribution in [0.25, 0.3) is 0 Å². The fourth-order valence-electron chi connectivity index (χ4n) is 11.8. The number of nitro benzene ring substituents is 1. The van der Waals surface area contributed by atoms with Crippen LogP contribution in [0, 0.1) is 33.8 Å². The van der Waals surface area contributed by atoms with E-state index in [2.05, 4.69) is 10.3 Å². The van der Waals surface area contributed by atoms with Crippen LogP contribution >= 0.6 is 0 Å². The van der Waals surface area contributed by atoms with Gasteiger partial charge in [0, 0.05) is 56.4 Å². The number of hydrogen-bond donors (Lipinski definition) is 8. The van der Waals surface area contributed by atoms with Crippen molar-refractivity contribution < 1.29 is 74.3 Å². The number of aryl methyl sites for hydroxylation is 1. The van der Waals surface area contributed by atoms with Crippen LogP contribution in [-0.4, -0.2) is 202 Å². The average molecular weight is 1030 g/mol. The summed E-state index contributed by atoms with van der Waals surface area (Å²) in [5.41, 5.74) is -4.20. The summed E-state index contributed by atoms with van der Waals surface area (Å²) in [7, 11) is 5.06. The minimum atomic E-state index is -2.22. The number of benzene rings is 1. The lowest BCUT2D eigenvalue weighted by Crippen LogP contribution is -2.66. The van der Waals surface area contributed by atoms with Crippen LogP contribution in [-0.2, 0) is 34.9 Å². The normalized spacial score (nSPS) is 40.0. The van der Waals surface area contributed by atoms with Gasteiger partial charge in [-0.25, -0.2) is 4.68 Å². The van der Waals surface area contributed by atoms with E-state index in [1.807, 2.05) is 23.8 Å². The van der Waals surface area contributed by atoms with E-state index >= 15 is 0 Å². The standard InChI is InChI=1S/C50H84N6O16/c1-13-38-49(9,64)42(60)31(5)54(11)24-28(2)23-47(7,63)44(29(3)39(30(4)45(62)70-38)50(65)27-48(8,68-12)43(61)32(6)72-50)71-46-41(59)36(20-22-69-46)53(10)21-14-15-34-25-55(52-51-34)37(26-57)40(58)33-16-18-35(19-17-33)56(66)67/h16-19,25,28-32,36-44,46,57-61,63-65H,13-15,20-24,26-27H2,1-12H3/t28-,29+,30-,31-,32+,36+,37-,38-,39?,40-,41-,42-,43+,44-,46+,47-,48-,49-,50+/m1/s1. The molecule has 1 unspecified atom stereocenters. The first-order valence-corrected chi connectivity index (χ1v) is 25.3. The lowest BCUT2D eigenvalue weighted by Gasteiger charge is -2.54. The number of aliphatic hydroxyl groups excluding tert-OH is 5. The van der Waals surface area contributed by atoms with Crippen LogP contribution in [0.4, 0.5) is 5.69 Å². The number of likely N-dealkylation sites (N-methyl/N-ethyl adjacent to an activating group) is 2. The van der Waals surface area contributed by atoms with E-state index in [1.54, 1.807) is 61.7 Å². The number of carbonyl (C=O) groups excluding carboxylic acids is 1. The van der Waals surface area contributed by atoms with Crippen LogP contribution in [0.3, 0.4) is 0 Å². The zero-order valence-electron chi connectivity index (χ0n) is 44.1. The summed E-state index contributed by atoms with van der Waals surface area (Å²) in [6.45, 7) is 15.5. The number of aliphatic hydroxyl groups is 8. The Labute approximate surface area is 423 Å². The number of aromatic nitrogens is 3. The van der Waals surface area contributed by atoms with Gasteiger partial charge in [0.1, 0.15) is 42.2 Å². The average Bonchev–Trinajstić information content (AvgIpc) is 3.78. The van der Waals surface area contributed by atoms with E-state index in [0.29, 0.717) is 43.6 Å². The number of non-ortho nitro benzene ring substituents is 1. The third-order valence-electron chi connectivity index (χ3n) is 16.1. The first-order chi connectivity index (χ1) is 33.6. The molecule has 0 amide bonds. The zero-order valence-corrected chi connectivity index (χ0v) is 44.1. The molecule has 410 valence electrons. The highest BCUT2D eigenvalue weighted by Crippen LogP contribution is 2.49. The lowest BCUT2D eigenvalue weighted by molar-refractivity contribution is -0.384. The first kappa shape index (κ1) is 59.5. The third-order valence-corrected chi connectivity index (χ3v) is 16.1. The Kier molecular flexibility index (Phi) is 19.9. The van der Waals surface area contributed by atoms with E-state index in [1.165, 1.54) is 43.0 Å². The zero-order chi connectivity index (χ0) is 53.8. The molecule has 0 saturated carbocycles. The predicted octanol–water partition coefficient (Wildman–Crippen LogP) is 1.88. The number of cyclic esters (lactones) is 1. The molecule has 8 N–H and O–H groups in total. The second kappa shape index (κ2) is 24.1. The SMILES string of the molecule is CC[C@H]1OC(=O)[C@H](C)C([C@]2(O)C[C@@](C)(OC)[C@@H](O)[C@H](C)O2)[C@H](C)[C@@H](O[C@@H]2OCC[C@H](N(C)CCCc3cn([C@H](CO)[C@H](O)c4ccc([N+](=O)[O-])cc4)nn3)[C@H]2O)[C@](C)(O)C[C@@H](C)CN(C)[C@H](C)[C@@H](O)[C@]1(C)O. The molecular weight excluding hydrogens is 941 g/mol. The third kappa shape index (κ3) is 13.0. The summed E-state index contributed by atoms with van der Waals surface area (Å²) in [5.74, 6) is -6.78. The van der Waals surface area contributed by atoms with Gasteiger partial charge in [-0.2, -0.15) is 0 Å². The molecule has 3 saturated heterocycles. The summed E-state index contributed by atoms with van der Waals surface area (Å²) in [6.07, 6.45) is -6.78. The van der Waals surface area contributed by atoms with Crippen molar-refractivity contribution in [2.75, 3.05) is 47.5 Å². The minimum Gasteiger partial charge on any atom is -0.459 e. The molecule has 72 heavy (non-hydrogen) atoms. The van der Waals surface area contributed by atoms with Gasteiger partial charge in [-0.05, 0) is 117 Å². The molecule has 0 aliphatic carbocycles. The van der Waals surface area contributed by atoms with Gasteiger partial charge in [0.05, 0.1) is 53.2 Å². The maximum Gasteiger partial charge on any atom is 0.309 e. The molecule has 3 aliphatic heterocycles. The first-order valence-electron chi connectivity index (χ1n) is 25.3. The molecule has 19 atom stereocenters. The van der Waals surface area contributed by atoms with Crippen LogP contribution in [0.1, 0.15) is 118 Å². The van der Waals surface area contributed by atoms with Crippen molar-refractivity contribution in [3.8, 4) is 0 Å². The summed E-state index contributed by atoms with van der Waals surface area (Å²) in [5, 5.41) is 113. The van der Waals surface area contributed by atoms with E-state index in [9.17, 15) is 55.8 Å². The van der Waals surface area contributed by atoms with Crippen molar-refractivity contribution in [3.63, 3.8) is 0 Å². The van der Waals surface area contributed by atoms with Crippen molar-refractivity contribution in [2.45, 2.75) is 191 Å². The summed E-state index contributed by atoms with van der Waals surface area (Å²) in [6, 6.07) is 3.37. The van der Waals surface area contributed by atoms with Gasteiger partial charge in [-0.1, -0.05) is 32.9 Å². The van der Waals surface area contributed by atoms with Crippen molar-refractivity contribution in [2.24, 2.45) is 23.7 Å². The fourth-order valence-corrected chi connectivity index (χ4v) is 11.8. The molecule has 2 aromatic rings. The second-order valence-corrected chi connectivity index (χ2v) is 21.8. The molecule has 1 aromatic heterocycles. The minimum absolute atomic E-state index is 0.102. The van der Waals surface area contributed by atoms with Crippen LogP contribution < -0.4 is 0 Å². The van der Waals surface area contributed by atoms with Gasteiger partial charge in [-0.15, -0.1) is 5.10 Å². The second-order valence-electron chi connectivity index (χ2n) is 21.8. The number of methoxy groups -OCH3 is 1. The van der Waals surface area contributed by atoms with Crippen LogP contribution in [0.2, 0.25) is 0 Å². The Morgan fingerprint density at radius 1 is 1.04 bits per heavy atom. The topological polar surface area (TPSA) is 305 Å².